The zero-order valence-corrected chi connectivity index (χ0v) is 10.1. The van der Waals surface area contributed by atoms with Crippen LogP contribution in [0.4, 0.5) is 0 Å². The Morgan fingerprint density at radius 1 is 1.38 bits per heavy atom. The van der Waals surface area contributed by atoms with E-state index in [1.807, 2.05) is 35.7 Å². The Bertz CT molecular complexity index is 316. The highest BCUT2D eigenvalue weighted by molar-refractivity contribution is 8.02. The van der Waals surface area contributed by atoms with Crippen LogP contribution in [-0.4, -0.2) is 22.3 Å². The Morgan fingerprint density at radius 2 is 1.88 bits per heavy atom. The lowest BCUT2D eigenvalue weighted by molar-refractivity contribution is -0.134. The molecule has 0 bridgehead atoms. The van der Waals surface area contributed by atoms with Crippen molar-refractivity contribution in [3.05, 3.63) is 41.8 Å². The van der Waals surface area contributed by atoms with Crippen LogP contribution < -0.4 is 0 Å². The van der Waals surface area contributed by atoms with Crippen LogP contribution in [0.5, 0.6) is 0 Å². The molecule has 0 spiro atoms. The van der Waals surface area contributed by atoms with Gasteiger partial charge in [0.2, 0.25) is 0 Å². The highest BCUT2D eigenvalue weighted by atomic mass is 32.2. The van der Waals surface area contributed by atoms with Crippen molar-refractivity contribution in [3.8, 4) is 0 Å². The fourth-order valence-corrected chi connectivity index (χ4v) is 1.51. The van der Waals surface area contributed by atoms with Crippen molar-refractivity contribution in [1.82, 2.24) is 0 Å². The van der Waals surface area contributed by atoms with Crippen LogP contribution in [0.3, 0.4) is 0 Å². The van der Waals surface area contributed by atoms with Gasteiger partial charge in [0.15, 0.2) is 0 Å². The van der Waals surface area contributed by atoms with Crippen molar-refractivity contribution < 1.29 is 15.0 Å². The monoisotopic (exact) mass is 240 g/mol. The second-order valence-corrected chi connectivity index (χ2v) is 4.00. The molecule has 1 aromatic carbocycles. The van der Waals surface area contributed by atoms with Crippen LogP contribution in [-0.2, 0) is 4.79 Å². The van der Waals surface area contributed by atoms with Crippen LogP contribution in [0, 0.1) is 0 Å². The first-order valence-corrected chi connectivity index (χ1v) is 5.66. The van der Waals surface area contributed by atoms with Gasteiger partial charge in [0.1, 0.15) is 0 Å². The van der Waals surface area contributed by atoms with Gasteiger partial charge in [0, 0.05) is 11.8 Å². The number of aliphatic hydroxyl groups is 1. The molecule has 1 atom stereocenters. The van der Waals surface area contributed by atoms with E-state index >= 15 is 0 Å². The molecular formula is C12H16O3S. The van der Waals surface area contributed by atoms with Crippen LogP contribution in [0.1, 0.15) is 13.8 Å². The Kier molecular flexibility index (Phi) is 8.29. The molecule has 0 aliphatic carbocycles. The molecule has 16 heavy (non-hydrogen) atoms. The Morgan fingerprint density at radius 3 is 2.31 bits per heavy atom. The summed E-state index contributed by atoms with van der Waals surface area (Å²) >= 11 is 1.61. The number of thioether (sulfide) groups is 1. The first-order valence-electron chi connectivity index (χ1n) is 4.78. The molecule has 0 saturated carbocycles. The van der Waals surface area contributed by atoms with Crippen molar-refractivity contribution in [2.45, 2.75) is 24.8 Å². The predicted molar refractivity (Wildman–Crippen MR) is 66.4 cm³/mol. The van der Waals surface area contributed by atoms with Crippen molar-refractivity contribution in [2.24, 2.45) is 0 Å². The molecule has 4 heteroatoms. The fraction of sp³-hybridized carbons (Fsp3) is 0.250. The quantitative estimate of drug-likeness (QED) is 0.798. The van der Waals surface area contributed by atoms with Gasteiger partial charge in [-0.3, -0.25) is 4.79 Å². The summed E-state index contributed by atoms with van der Waals surface area (Å²) in [6.45, 7) is 2.82. The molecule has 0 radical (unpaired) electrons. The van der Waals surface area contributed by atoms with Crippen LogP contribution in [0.25, 0.3) is 0 Å². The number of carboxylic acids is 1. The number of carboxylic acid groups (broad SMARTS) is 1. The second-order valence-electron chi connectivity index (χ2n) is 3.02. The summed E-state index contributed by atoms with van der Waals surface area (Å²) in [7, 11) is 0. The van der Waals surface area contributed by atoms with Crippen molar-refractivity contribution >= 4 is 17.7 Å². The van der Waals surface area contributed by atoms with Crippen LogP contribution >= 0.6 is 11.8 Å². The summed E-state index contributed by atoms with van der Waals surface area (Å²) in [5, 5.41) is 18.2. The molecule has 0 fully saturated rings. The van der Waals surface area contributed by atoms with Gasteiger partial charge in [-0.25, -0.2) is 0 Å². The molecule has 1 rings (SSSR count). The summed E-state index contributed by atoms with van der Waals surface area (Å²) in [6, 6.07) is 10.1. The van der Waals surface area contributed by atoms with E-state index < -0.39 is 5.97 Å². The minimum Gasteiger partial charge on any atom is -0.481 e. The van der Waals surface area contributed by atoms with Crippen molar-refractivity contribution in [1.29, 1.82) is 0 Å². The molecule has 0 aromatic heterocycles. The van der Waals surface area contributed by atoms with Crippen molar-refractivity contribution in [3.63, 3.8) is 0 Å². The molecule has 0 unspecified atom stereocenters. The molecule has 2 N–H and O–H groups in total. The standard InChI is InChI=1S/C10H12OS.C2H4O2/c1-9(11)7-8-12-10-5-3-2-4-6-10;1-2(3)4/h2-9,11H,1H3;1H3,(H,3,4)/t9-;/m0./s1. The first-order chi connectivity index (χ1) is 7.52. The molecule has 0 amide bonds. The minimum absolute atomic E-state index is 0.360. The third kappa shape index (κ3) is 10.8. The van der Waals surface area contributed by atoms with Gasteiger partial charge >= 0.3 is 0 Å². The van der Waals surface area contributed by atoms with Gasteiger partial charge in [-0.05, 0) is 30.5 Å². The van der Waals surface area contributed by atoms with E-state index in [1.54, 1.807) is 24.8 Å². The second kappa shape index (κ2) is 9.00. The average Bonchev–Trinajstić information content (AvgIpc) is 2.18. The predicted octanol–water partition coefficient (Wildman–Crippen LogP) is 2.76. The van der Waals surface area contributed by atoms with E-state index in [1.165, 1.54) is 4.90 Å². The maximum Gasteiger partial charge on any atom is 0.300 e. The Labute approximate surface area is 99.8 Å². The van der Waals surface area contributed by atoms with Gasteiger partial charge in [0.05, 0.1) is 6.10 Å². The maximum atomic E-state index is 9.00. The van der Waals surface area contributed by atoms with E-state index in [2.05, 4.69) is 0 Å². The summed E-state index contributed by atoms with van der Waals surface area (Å²) in [6.07, 6.45) is 1.40. The first kappa shape index (κ1) is 14.7. The SMILES string of the molecule is CC(=O)O.C[C@H](O)C=CSc1ccccc1. The lowest BCUT2D eigenvalue weighted by atomic mass is 10.4. The van der Waals surface area contributed by atoms with Crippen LogP contribution in [0.2, 0.25) is 0 Å². The van der Waals surface area contributed by atoms with Crippen LogP contribution in [0.15, 0.2) is 46.7 Å². The molecule has 0 heterocycles. The molecule has 3 nitrogen and oxygen atoms in total. The highest BCUT2D eigenvalue weighted by Crippen LogP contribution is 2.17. The zero-order valence-electron chi connectivity index (χ0n) is 9.33. The third-order valence-electron chi connectivity index (χ3n) is 1.30. The van der Waals surface area contributed by atoms with E-state index in [-0.39, 0.29) is 6.10 Å². The van der Waals surface area contributed by atoms with Gasteiger partial charge in [0.25, 0.3) is 5.97 Å². The summed E-state index contributed by atoms with van der Waals surface area (Å²) < 4.78 is 0. The number of carbonyl (C=O) groups is 1. The molecule has 0 aliphatic rings. The fourth-order valence-electron chi connectivity index (χ4n) is 0.731. The number of benzene rings is 1. The third-order valence-corrected chi connectivity index (χ3v) is 2.14. The number of aliphatic carboxylic acids is 1. The Balaban J connectivity index is 0.000000487. The average molecular weight is 240 g/mol. The number of rotatable bonds is 3. The van der Waals surface area contributed by atoms with Gasteiger partial charge in [-0.15, -0.1) is 0 Å². The maximum absolute atomic E-state index is 9.00. The number of aliphatic hydroxyl groups excluding tert-OH is 1. The smallest absolute Gasteiger partial charge is 0.300 e. The van der Waals surface area contributed by atoms with E-state index in [9.17, 15) is 0 Å². The Hall–Kier alpha value is -1.26. The van der Waals surface area contributed by atoms with E-state index in [4.69, 9.17) is 15.0 Å². The normalized spacial score (nSPS) is 11.7. The number of hydrogen-bond acceptors (Lipinski definition) is 3. The highest BCUT2D eigenvalue weighted by Gasteiger charge is 1.88. The summed E-state index contributed by atoms with van der Waals surface area (Å²) in [5.74, 6) is -0.833. The molecule has 0 aliphatic heterocycles. The van der Waals surface area contributed by atoms with E-state index in [0.29, 0.717) is 0 Å². The van der Waals surface area contributed by atoms with Gasteiger partial charge < -0.3 is 10.2 Å². The molecule has 0 saturated heterocycles. The molecule has 88 valence electrons. The topological polar surface area (TPSA) is 57.5 Å². The van der Waals surface area contributed by atoms with Gasteiger partial charge in [-0.2, -0.15) is 0 Å². The molecule has 1 aromatic rings. The van der Waals surface area contributed by atoms with Gasteiger partial charge in [-0.1, -0.05) is 30.0 Å². The van der Waals surface area contributed by atoms with Crippen molar-refractivity contribution in [2.75, 3.05) is 0 Å². The lowest BCUT2D eigenvalue weighted by Gasteiger charge is -1.95. The largest absolute Gasteiger partial charge is 0.481 e. The lowest BCUT2D eigenvalue weighted by Crippen LogP contribution is -1.90. The summed E-state index contributed by atoms with van der Waals surface area (Å²) in [4.78, 5) is 10.2. The van der Waals surface area contributed by atoms with E-state index in [0.717, 1.165) is 6.92 Å². The molecular weight excluding hydrogens is 224 g/mol. The minimum atomic E-state index is -0.833. The zero-order chi connectivity index (χ0) is 12.4. The number of hydrogen-bond donors (Lipinski definition) is 2. The summed E-state index contributed by atoms with van der Waals surface area (Å²) in [5.41, 5.74) is 0.